The van der Waals surface area contributed by atoms with Gasteiger partial charge in [-0.3, -0.25) is 4.99 Å². The summed E-state index contributed by atoms with van der Waals surface area (Å²) in [6.45, 7) is 4.00. The molecule has 0 radical (unpaired) electrons. The van der Waals surface area contributed by atoms with E-state index in [-0.39, 0.29) is 1.43 Å². The molecule has 11 heavy (non-hydrogen) atoms. The van der Waals surface area contributed by atoms with Gasteiger partial charge in [-0.25, -0.2) is 0 Å². The van der Waals surface area contributed by atoms with Gasteiger partial charge in [0, 0.05) is 8.47 Å². The number of hydrogen-bond acceptors (Lipinski definition) is 1. The zero-order chi connectivity index (χ0) is 8.53. The SMILES string of the molecule is CC.CN=C1C=CCC=CN1.[HH]. The first kappa shape index (κ1) is 9.95. The van der Waals surface area contributed by atoms with Gasteiger partial charge in [-0.2, -0.15) is 0 Å². The van der Waals surface area contributed by atoms with Crippen molar-refractivity contribution < 1.29 is 1.43 Å². The molecule has 2 heteroatoms. The van der Waals surface area contributed by atoms with Crippen molar-refractivity contribution in [3.05, 3.63) is 24.4 Å². The van der Waals surface area contributed by atoms with E-state index in [1.54, 1.807) is 7.05 Å². The Labute approximate surface area is 70.2 Å². The zero-order valence-electron chi connectivity index (χ0n) is 7.46. The lowest BCUT2D eigenvalue weighted by Gasteiger charge is -1.93. The molecule has 0 aromatic rings. The number of rotatable bonds is 0. The van der Waals surface area contributed by atoms with Crippen molar-refractivity contribution in [2.45, 2.75) is 20.3 Å². The number of hydrogen-bond donors (Lipinski definition) is 1. The molecule has 1 rings (SSSR count). The maximum Gasteiger partial charge on any atom is 0.124 e. The van der Waals surface area contributed by atoms with Crippen LogP contribution in [0.4, 0.5) is 0 Å². The van der Waals surface area contributed by atoms with Crippen molar-refractivity contribution in [2.75, 3.05) is 7.05 Å². The van der Waals surface area contributed by atoms with Crippen LogP contribution in [0, 0.1) is 0 Å². The van der Waals surface area contributed by atoms with Gasteiger partial charge >= 0.3 is 0 Å². The van der Waals surface area contributed by atoms with Crippen LogP contribution in [0.3, 0.4) is 0 Å². The molecule has 0 aliphatic carbocycles. The maximum absolute atomic E-state index is 3.98. The lowest BCUT2D eigenvalue weighted by molar-refractivity contribution is 1.24. The fraction of sp³-hybridized carbons (Fsp3) is 0.444. The summed E-state index contributed by atoms with van der Waals surface area (Å²) in [5, 5.41) is 3.01. The van der Waals surface area contributed by atoms with E-state index in [1.807, 2.05) is 26.1 Å². The Kier molecular flexibility index (Phi) is 6.39. The highest BCUT2D eigenvalue weighted by atomic mass is 15.0. The Morgan fingerprint density at radius 3 is 2.82 bits per heavy atom. The third-order valence-corrected chi connectivity index (χ3v) is 1.14. The molecular formula is C9H18N2. The second kappa shape index (κ2) is 7.06. The molecule has 1 aliphatic rings. The predicted molar refractivity (Wildman–Crippen MR) is 52.9 cm³/mol. The molecule has 0 amide bonds. The largest absolute Gasteiger partial charge is 0.347 e. The van der Waals surface area contributed by atoms with Crippen LogP contribution in [0.1, 0.15) is 21.7 Å². The number of allylic oxidation sites excluding steroid dienone is 2. The van der Waals surface area contributed by atoms with Crippen LogP contribution >= 0.6 is 0 Å². The van der Waals surface area contributed by atoms with Crippen LogP contribution in [0.25, 0.3) is 0 Å². The van der Waals surface area contributed by atoms with Gasteiger partial charge in [-0.05, 0) is 18.7 Å². The van der Waals surface area contributed by atoms with Gasteiger partial charge in [-0.15, -0.1) is 0 Å². The third kappa shape index (κ3) is 4.37. The third-order valence-electron chi connectivity index (χ3n) is 1.14. The van der Waals surface area contributed by atoms with E-state index in [0.29, 0.717) is 0 Å². The van der Waals surface area contributed by atoms with Crippen molar-refractivity contribution >= 4 is 5.84 Å². The fourth-order valence-electron chi connectivity index (χ4n) is 0.658. The number of amidine groups is 1. The molecule has 0 atom stereocenters. The molecule has 2 nitrogen and oxygen atoms in total. The van der Waals surface area contributed by atoms with E-state index in [0.717, 1.165) is 12.3 Å². The minimum atomic E-state index is 0. The monoisotopic (exact) mass is 154 g/mol. The highest BCUT2D eigenvalue weighted by Gasteiger charge is 1.88. The average molecular weight is 154 g/mol. The van der Waals surface area contributed by atoms with E-state index in [2.05, 4.69) is 22.5 Å². The Bertz CT molecular complexity index is 171. The summed E-state index contributed by atoms with van der Waals surface area (Å²) in [4.78, 5) is 3.98. The average Bonchev–Trinajstić information content (AvgIpc) is 2.35. The van der Waals surface area contributed by atoms with Crippen LogP contribution in [0.5, 0.6) is 0 Å². The van der Waals surface area contributed by atoms with Gasteiger partial charge in [0.25, 0.3) is 0 Å². The molecule has 0 aromatic heterocycles. The van der Waals surface area contributed by atoms with E-state index in [9.17, 15) is 0 Å². The standard InChI is InChI=1S/C7H10N2.C2H6.H2/c1-8-7-5-3-2-4-6-9-7;1-2;/h3-6H,2H2,1H3,(H,8,9);1-2H3;1H. The van der Waals surface area contributed by atoms with E-state index >= 15 is 0 Å². The first-order chi connectivity index (χ1) is 5.43. The van der Waals surface area contributed by atoms with Gasteiger partial charge in [0.2, 0.25) is 0 Å². The highest BCUT2D eigenvalue weighted by Crippen LogP contribution is 1.90. The van der Waals surface area contributed by atoms with Crippen molar-refractivity contribution in [1.29, 1.82) is 0 Å². The molecule has 1 aliphatic heterocycles. The van der Waals surface area contributed by atoms with Crippen molar-refractivity contribution in [3.63, 3.8) is 0 Å². The van der Waals surface area contributed by atoms with Gasteiger partial charge in [0.05, 0.1) is 0 Å². The summed E-state index contributed by atoms with van der Waals surface area (Å²) in [6, 6.07) is 0. The number of aliphatic imine (C=N–C) groups is 1. The van der Waals surface area contributed by atoms with Gasteiger partial charge < -0.3 is 5.32 Å². The smallest absolute Gasteiger partial charge is 0.124 e. The summed E-state index contributed by atoms with van der Waals surface area (Å²) in [6.07, 6.45) is 8.99. The molecule has 0 bridgehead atoms. The molecular weight excluding hydrogens is 136 g/mol. The molecule has 0 spiro atoms. The first-order valence-electron chi connectivity index (χ1n) is 3.98. The van der Waals surface area contributed by atoms with Crippen LogP contribution in [0.2, 0.25) is 0 Å². The first-order valence-corrected chi connectivity index (χ1v) is 3.98. The zero-order valence-corrected chi connectivity index (χ0v) is 7.46. The summed E-state index contributed by atoms with van der Waals surface area (Å²) >= 11 is 0. The predicted octanol–water partition coefficient (Wildman–Crippen LogP) is 2.35. The van der Waals surface area contributed by atoms with Crippen molar-refractivity contribution in [1.82, 2.24) is 5.32 Å². The number of nitrogens with zero attached hydrogens (tertiary/aromatic N) is 1. The Morgan fingerprint density at radius 2 is 2.18 bits per heavy atom. The molecule has 0 saturated carbocycles. The van der Waals surface area contributed by atoms with Crippen LogP contribution in [-0.4, -0.2) is 12.9 Å². The second-order valence-electron chi connectivity index (χ2n) is 1.79. The van der Waals surface area contributed by atoms with Gasteiger partial charge in [-0.1, -0.05) is 26.0 Å². The highest BCUT2D eigenvalue weighted by molar-refractivity contribution is 5.93. The molecule has 0 fully saturated rings. The molecule has 0 unspecified atom stereocenters. The molecule has 0 aromatic carbocycles. The Hall–Kier alpha value is -1.05. The Balaban J connectivity index is 0. The minimum Gasteiger partial charge on any atom is -0.347 e. The molecule has 0 saturated heterocycles. The summed E-state index contributed by atoms with van der Waals surface area (Å²) in [7, 11) is 1.77. The van der Waals surface area contributed by atoms with Gasteiger partial charge in [0.1, 0.15) is 5.84 Å². The lowest BCUT2D eigenvalue weighted by atomic mass is 10.4. The molecule has 64 valence electrons. The second-order valence-corrected chi connectivity index (χ2v) is 1.79. The quantitative estimate of drug-likeness (QED) is 0.569. The van der Waals surface area contributed by atoms with Crippen LogP contribution < -0.4 is 5.32 Å². The maximum atomic E-state index is 3.98. The van der Waals surface area contributed by atoms with Crippen LogP contribution in [-0.2, 0) is 0 Å². The topological polar surface area (TPSA) is 24.4 Å². The van der Waals surface area contributed by atoms with Crippen molar-refractivity contribution in [3.8, 4) is 0 Å². The van der Waals surface area contributed by atoms with Crippen LogP contribution in [0.15, 0.2) is 29.4 Å². The summed E-state index contributed by atoms with van der Waals surface area (Å²) in [5.74, 6) is 0.920. The summed E-state index contributed by atoms with van der Waals surface area (Å²) < 4.78 is 0. The summed E-state index contributed by atoms with van der Waals surface area (Å²) in [5.41, 5.74) is 0. The van der Waals surface area contributed by atoms with Gasteiger partial charge in [0.15, 0.2) is 0 Å². The molecule has 1 N–H and O–H groups in total. The van der Waals surface area contributed by atoms with E-state index < -0.39 is 0 Å². The lowest BCUT2D eigenvalue weighted by Crippen LogP contribution is -2.12. The fourth-order valence-corrected chi connectivity index (χ4v) is 0.658. The van der Waals surface area contributed by atoms with E-state index in [1.165, 1.54) is 0 Å². The minimum absolute atomic E-state index is 0. The normalized spacial score (nSPS) is 18.3. The van der Waals surface area contributed by atoms with Crippen molar-refractivity contribution in [2.24, 2.45) is 4.99 Å². The van der Waals surface area contributed by atoms with E-state index in [4.69, 9.17) is 0 Å². The Morgan fingerprint density at radius 1 is 1.45 bits per heavy atom. The number of nitrogens with one attached hydrogen (secondary N) is 1. The molecule has 1 heterocycles.